The first-order valence-corrected chi connectivity index (χ1v) is 20.4. The van der Waals surface area contributed by atoms with Crippen LogP contribution in [-0.4, -0.2) is 4.57 Å². The SMILES string of the molecule is CC1(C)c2ccccc2-c2cc(N(c3ccccc3)c3cc4c5c6c(cccc36)C3(c6ccccc6-c6ccccc63)c3cccc(c35)n4-c3ccccc3)ccc21. The molecule has 0 N–H and O–H groups in total. The summed E-state index contributed by atoms with van der Waals surface area (Å²) in [6.45, 7) is 4.72. The molecule has 1 heterocycles. The number of benzene rings is 9. The van der Waals surface area contributed by atoms with Crippen LogP contribution in [0, 0.1) is 0 Å². The molecule has 0 unspecified atom stereocenters. The van der Waals surface area contributed by atoms with Crippen LogP contribution in [0.15, 0.2) is 194 Å². The van der Waals surface area contributed by atoms with Crippen LogP contribution in [-0.2, 0) is 10.8 Å². The molecule has 9 aromatic carbocycles. The smallest absolute Gasteiger partial charge is 0.0726 e. The van der Waals surface area contributed by atoms with Crippen molar-refractivity contribution < 1.29 is 0 Å². The number of anilines is 3. The van der Waals surface area contributed by atoms with E-state index in [0.29, 0.717) is 0 Å². The maximum absolute atomic E-state index is 2.52. The molecule has 2 heteroatoms. The molecule has 10 aromatic rings. The van der Waals surface area contributed by atoms with Gasteiger partial charge in [0.05, 0.1) is 22.1 Å². The summed E-state index contributed by atoms with van der Waals surface area (Å²) >= 11 is 0. The number of para-hydroxylation sites is 2. The van der Waals surface area contributed by atoms with Gasteiger partial charge in [0.1, 0.15) is 0 Å². The van der Waals surface area contributed by atoms with E-state index in [2.05, 4.69) is 217 Å². The van der Waals surface area contributed by atoms with E-state index in [0.717, 1.165) is 17.1 Å². The normalized spacial score (nSPS) is 14.7. The fraction of sp³-hybridized carbons (Fsp3) is 0.0714. The van der Waals surface area contributed by atoms with Gasteiger partial charge in [-0.15, -0.1) is 0 Å². The summed E-state index contributed by atoms with van der Waals surface area (Å²) in [6.07, 6.45) is 0. The predicted octanol–water partition coefficient (Wildman–Crippen LogP) is 14.4. The van der Waals surface area contributed by atoms with E-state index in [9.17, 15) is 0 Å². The molecule has 0 bridgehead atoms. The molecule has 3 aliphatic carbocycles. The minimum atomic E-state index is -0.492. The fourth-order valence-corrected chi connectivity index (χ4v) is 11.5. The average molecular weight is 739 g/mol. The van der Waals surface area contributed by atoms with Crippen molar-refractivity contribution in [1.29, 1.82) is 0 Å². The second-order valence-electron chi connectivity index (χ2n) is 16.8. The summed E-state index contributed by atoms with van der Waals surface area (Å²) in [6, 6.07) is 72.9. The summed E-state index contributed by atoms with van der Waals surface area (Å²) in [5, 5.41) is 5.24. The van der Waals surface area contributed by atoms with E-state index in [1.54, 1.807) is 0 Å². The summed E-state index contributed by atoms with van der Waals surface area (Å²) in [5.74, 6) is 0. The topological polar surface area (TPSA) is 8.17 Å². The maximum atomic E-state index is 2.52. The Morgan fingerprint density at radius 3 is 1.64 bits per heavy atom. The Hall–Kier alpha value is -7.16. The number of hydrogen-bond acceptors (Lipinski definition) is 1. The molecule has 0 radical (unpaired) electrons. The van der Waals surface area contributed by atoms with Gasteiger partial charge in [0, 0.05) is 38.6 Å². The molecule has 58 heavy (non-hydrogen) atoms. The summed E-state index contributed by atoms with van der Waals surface area (Å²) in [5.41, 5.74) is 19.9. The van der Waals surface area contributed by atoms with Gasteiger partial charge >= 0.3 is 0 Å². The van der Waals surface area contributed by atoms with Gasteiger partial charge in [0.15, 0.2) is 0 Å². The number of aromatic nitrogens is 1. The first-order valence-electron chi connectivity index (χ1n) is 20.4. The van der Waals surface area contributed by atoms with Crippen molar-refractivity contribution in [3.63, 3.8) is 0 Å². The van der Waals surface area contributed by atoms with Gasteiger partial charge in [0.25, 0.3) is 0 Å². The second kappa shape index (κ2) is 11.2. The van der Waals surface area contributed by atoms with E-state index in [1.165, 1.54) is 93.9 Å². The van der Waals surface area contributed by atoms with E-state index < -0.39 is 5.41 Å². The molecular weight excluding hydrogens is 701 g/mol. The van der Waals surface area contributed by atoms with Gasteiger partial charge in [-0.2, -0.15) is 0 Å². The van der Waals surface area contributed by atoms with Crippen LogP contribution in [0.2, 0.25) is 0 Å². The standard InChI is InChI=1S/C56H38N2/c1-55(2)43-25-12-9-23-40(43)42-33-37(31-32-44(42)55)57(35-17-5-3-6-18-35)50-34-51-54-52-41(50)24-15-28-47(52)56(45-26-13-10-21-38(45)39-22-11-14-27-46(39)56)48-29-16-30-49(53(48)54)58(51)36-19-7-4-8-20-36/h3-34H,1-2H3. The van der Waals surface area contributed by atoms with Crippen molar-refractivity contribution in [3.8, 4) is 27.9 Å². The monoisotopic (exact) mass is 738 g/mol. The third kappa shape index (κ3) is 3.83. The van der Waals surface area contributed by atoms with Crippen LogP contribution in [0.3, 0.4) is 0 Å². The predicted molar refractivity (Wildman–Crippen MR) is 241 cm³/mol. The second-order valence-corrected chi connectivity index (χ2v) is 16.8. The highest BCUT2D eigenvalue weighted by molar-refractivity contribution is 6.29. The number of fused-ring (bicyclic) bond motifs is 10. The van der Waals surface area contributed by atoms with Gasteiger partial charge in [-0.1, -0.05) is 159 Å². The van der Waals surface area contributed by atoms with E-state index in [-0.39, 0.29) is 5.41 Å². The number of nitrogens with zero attached hydrogens (tertiary/aromatic N) is 2. The van der Waals surface area contributed by atoms with Crippen LogP contribution in [0.1, 0.15) is 47.2 Å². The Balaban J connectivity index is 1.21. The molecular formula is C56H38N2. The Kier molecular flexibility index (Phi) is 6.20. The highest BCUT2D eigenvalue weighted by atomic mass is 15.1. The molecule has 0 amide bonds. The third-order valence-corrected chi connectivity index (χ3v) is 13.7. The molecule has 1 aromatic heterocycles. The molecule has 0 aliphatic heterocycles. The Labute approximate surface area is 337 Å². The lowest BCUT2D eigenvalue weighted by atomic mass is 9.63. The Morgan fingerprint density at radius 1 is 0.379 bits per heavy atom. The molecule has 0 atom stereocenters. The lowest BCUT2D eigenvalue weighted by Gasteiger charge is -2.38. The third-order valence-electron chi connectivity index (χ3n) is 13.7. The van der Waals surface area contributed by atoms with Crippen LogP contribution in [0.5, 0.6) is 0 Å². The van der Waals surface area contributed by atoms with Crippen LogP contribution in [0.4, 0.5) is 17.1 Å². The van der Waals surface area contributed by atoms with Gasteiger partial charge in [-0.25, -0.2) is 0 Å². The van der Waals surface area contributed by atoms with Crippen LogP contribution < -0.4 is 4.90 Å². The zero-order chi connectivity index (χ0) is 38.3. The zero-order valence-electron chi connectivity index (χ0n) is 32.4. The fourth-order valence-electron chi connectivity index (χ4n) is 11.5. The lowest BCUT2D eigenvalue weighted by Crippen LogP contribution is -2.30. The maximum Gasteiger partial charge on any atom is 0.0726 e. The molecule has 272 valence electrons. The first-order chi connectivity index (χ1) is 28.6. The first kappa shape index (κ1) is 32.0. The van der Waals surface area contributed by atoms with Gasteiger partial charge in [-0.05, 0) is 110 Å². The van der Waals surface area contributed by atoms with Crippen molar-refractivity contribution in [2.75, 3.05) is 4.90 Å². The zero-order valence-corrected chi connectivity index (χ0v) is 32.4. The molecule has 0 saturated heterocycles. The van der Waals surface area contributed by atoms with Crippen molar-refractivity contribution >= 4 is 49.6 Å². The molecule has 0 saturated carbocycles. The minimum Gasteiger partial charge on any atom is -0.310 e. The Bertz CT molecular complexity index is 3320. The highest BCUT2D eigenvalue weighted by Crippen LogP contribution is 2.63. The highest BCUT2D eigenvalue weighted by Gasteiger charge is 2.50. The number of rotatable bonds is 4. The van der Waals surface area contributed by atoms with Gasteiger partial charge < -0.3 is 9.47 Å². The van der Waals surface area contributed by atoms with Crippen LogP contribution in [0.25, 0.3) is 60.5 Å². The van der Waals surface area contributed by atoms with Crippen molar-refractivity contribution in [2.24, 2.45) is 0 Å². The van der Waals surface area contributed by atoms with Gasteiger partial charge in [0.2, 0.25) is 0 Å². The van der Waals surface area contributed by atoms with Crippen molar-refractivity contribution in [1.82, 2.24) is 4.57 Å². The molecule has 13 rings (SSSR count). The largest absolute Gasteiger partial charge is 0.310 e. The summed E-state index contributed by atoms with van der Waals surface area (Å²) in [4.78, 5) is 2.51. The quantitative estimate of drug-likeness (QED) is 0.175. The van der Waals surface area contributed by atoms with E-state index >= 15 is 0 Å². The molecule has 0 fully saturated rings. The Morgan fingerprint density at radius 2 is 0.931 bits per heavy atom. The molecule has 3 aliphatic rings. The van der Waals surface area contributed by atoms with E-state index in [1.807, 2.05) is 0 Å². The van der Waals surface area contributed by atoms with Crippen LogP contribution >= 0.6 is 0 Å². The minimum absolute atomic E-state index is 0.0734. The van der Waals surface area contributed by atoms with E-state index in [4.69, 9.17) is 0 Å². The molecule has 1 spiro atoms. The number of hydrogen-bond donors (Lipinski definition) is 0. The van der Waals surface area contributed by atoms with Crippen molar-refractivity contribution in [3.05, 3.63) is 228 Å². The summed E-state index contributed by atoms with van der Waals surface area (Å²) < 4.78 is 2.52. The summed E-state index contributed by atoms with van der Waals surface area (Å²) in [7, 11) is 0. The average Bonchev–Trinajstić information content (AvgIpc) is 3.85. The lowest BCUT2D eigenvalue weighted by molar-refractivity contribution is 0.660. The van der Waals surface area contributed by atoms with Crippen molar-refractivity contribution in [2.45, 2.75) is 24.7 Å². The molecule has 2 nitrogen and oxygen atoms in total. The van der Waals surface area contributed by atoms with Gasteiger partial charge in [-0.3, -0.25) is 0 Å².